The molecule has 0 saturated heterocycles. The van der Waals surface area contributed by atoms with E-state index in [4.69, 9.17) is 5.73 Å². The zero-order valence-electron chi connectivity index (χ0n) is 10.2. The van der Waals surface area contributed by atoms with E-state index in [-0.39, 0.29) is 5.91 Å². The van der Waals surface area contributed by atoms with Crippen molar-refractivity contribution in [2.24, 2.45) is 5.73 Å². The molecule has 1 aromatic rings. The summed E-state index contributed by atoms with van der Waals surface area (Å²) in [5.74, 6) is -0.0340. The number of anilines is 1. The Bertz CT molecular complexity index is 412. The van der Waals surface area contributed by atoms with Crippen molar-refractivity contribution in [3.63, 3.8) is 0 Å². The van der Waals surface area contributed by atoms with Gasteiger partial charge in [0.1, 0.15) is 0 Å². The molecule has 18 heavy (non-hydrogen) atoms. The average molecular weight is 379 g/mol. The fourth-order valence-corrected chi connectivity index (χ4v) is 2.66. The number of rotatable bonds is 6. The van der Waals surface area contributed by atoms with Crippen LogP contribution < -0.4 is 11.1 Å². The number of amides is 1. The number of nitrogens with two attached hydrogens (primary N) is 1. The maximum Gasteiger partial charge on any atom is 0.238 e. The van der Waals surface area contributed by atoms with Crippen LogP contribution >= 0.6 is 31.9 Å². The van der Waals surface area contributed by atoms with E-state index in [2.05, 4.69) is 37.2 Å². The number of hydrogen-bond donors (Lipinski definition) is 2. The van der Waals surface area contributed by atoms with E-state index in [1.807, 2.05) is 30.0 Å². The van der Waals surface area contributed by atoms with Crippen molar-refractivity contribution in [1.29, 1.82) is 0 Å². The summed E-state index contributed by atoms with van der Waals surface area (Å²) in [7, 11) is 0. The van der Waals surface area contributed by atoms with Crippen molar-refractivity contribution in [3.05, 3.63) is 27.1 Å². The Morgan fingerprint density at radius 2 is 2.17 bits per heavy atom. The van der Waals surface area contributed by atoms with E-state index >= 15 is 0 Å². The molecule has 0 aliphatic heterocycles. The molecule has 0 aromatic heterocycles. The lowest BCUT2D eigenvalue weighted by Gasteiger charge is -2.18. The van der Waals surface area contributed by atoms with Crippen molar-refractivity contribution in [3.8, 4) is 0 Å². The molecule has 100 valence electrons. The highest BCUT2D eigenvalue weighted by molar-refractivity contribution is 9.11. The normalized spacial score (nSPS) is 10.7. The lowest BCUT2D eigenvalue weighted by Crippen LogP contribution is -2.36. The van der Waals surface area contributed by atoms with Crippen LogP contribution in [0, 0.1) is 0 Å². The SMILES string of the molecule is CCN(CCN)CC(=O)Nc1ccc(Br)cc1Br. The van der Waals surface area contributed by atoms with Crippen molar-refractivity contribution < 1.29 is 4.79 Å². The molecule has 0 atom stereocenters. The highest BCUT2D eigenvalue weighted by atomic mass is 79.9. The van der Waals surface area contributed by atoms with Gasteiger partial charge in [0.2, 0.25) is 5.91 Å². The third kappa shape index (κ3) is 5.06. The van der Waals surface area contributed by atoms with Crippen LogP contribution in [0.3, 0.4) is 0 Å². The topological polar surface area (TPSA) is 58.4 Å². The molecule has 0 unspecified atom stereocenters. The van der Waals surface area contributed by atoms with Crippen LogP contribution in [0.15, 0.2) is 27.1 Å². The summed E-state index contributed by atoms with van der Waals surface area (Å²) in [5, 5.41) is 2.87. The van der Waals surface area contributed by atoms with E-state index in [9.17, 15) is 4.79 Å². The summed E-state index contributed by atoms with van der Waals surface area (Å²) in [6.45, 7) is 4.47. The molecule has 3 N–H and O–H groups in total. The largest absolute Gasteiger partial charge is 0.329 e. The molecule has 0 bridgehead atoms. The molecule has 0 fully saturated rings. The van der Waals surface area contributed by atoms with E-state index in [1.54, 1.807) is 0 Å². The van der Waals surface area contributed by atoms with Crippen LogP contribution in [0.5, 0.6) is 0 Å². The Hall–Kier alpha value is -0.430. The van der Waals surface area contributed by atoms with Gasteiger partial charge in [0.05, 0.1) is 12.2 Å². The number of likely N-dealkylation sites (N-methyl/N-ethyl adjacent to an activating group) is 1. The fourth-order valence-electron chi connectivity index (χ4n) is 1.52. The second-order valence-electron chi connectivity index (χ2n) is 3.83. The number of nitrogens with one attached hydrogen (secondary N) is 1. The van der Waals surface area contributed by atoms with Gasteiger partial charge in [-0.1, -0.05) is 22.9 Å². The van der Waals surface area contributed by atoms with Crippen molar-refractivity contribution in [1.82, 2.24) is 4.90 Å². The van der Waals surface area contributed by atoms with Gasteiger partial charge in [-0.15, -0.1) is 0 Å². The number of halogens is 2. The van der Waals surface area contributed by atoms with Crippen molar-refractivity contribution in [2.45, 2.75) is 6.92 Å². The van der Waals surface area contributed by atoms with Crippen LogP contribution in [0.2, 0.25) is 0 Å². The van der Waals surface area contributed by atoms with Crippen LogP contribution in [-0.4, -0.2) is 37.0 Å². The molecule has 0 saturated carbocycles. The first kappa shape index (κ1) is 15.6. The Kier molecular flexibility index (Phi) is 6.85. The maximum absolute atomic E-state index is 11.9. The average Bonchev–Trinajstić information content (AvgIpc) is 2.32. The van der Waals surface area contributed by atoms with Crippen LogP contribution in [-0.2, 0) is 4.79 Å². The number of benzene rings is 1. The molecule has 0 radical (unpaired) electrons. The number of carbonyl (C=O) groups is 1. The second-order valence-corrected chi connectivity index (χ2v) is 5.60. The minimum Gasteiger partial charge on any atom is -0.329 e. The van der Waals surface area contributed by atoms with Gasteiger partial charge in [0.25, 0.3) is 0 Å². The summed E-state index contributed by atoms with van der Waals surface area (Å²) in [5.41, 5.74) is 6.26. The zero-order valence-corrected chi connectivity index (χ0v) is 13.4. The van der Waals surface area contributed by atoms with E-state index < -0.39 is 0 Å². The van der Waals surface area contributed by atoms with Gasteiger partial charge in [-0.3, -0.25) is 9.69 Å². The highest BCUT2D eigenvalue weighted by Crippen LogP contribution is 2.25. The molecule has 0 spiro atoms. The van der Waals surface area contributed by atoms with Crippen LogP contribution in [0.4, 0.5) is 5.69 Å². The Balaban J connectivity index is 2.58. The molecule has 1 rings (SSSR count). The predicted octanol–water partition coefficient (Wildman–Crippen LogP) is 2.43. The summed E-state index contributed by atoms with van der Waals surface area (Å²) in [6.07, 6.45) is 0. The second kappa shape index (κ2) is 7.89. The van der Waals surface area contributed by atoms with E-state index in [0.29, 0.717) is 13.1 Å². The van der Waals surface area contributed by atoms with Gasteiger partial charge < -0.3 is 11.1 Å². The van der Waals surface area contributed by atoms with E-state index in [0.717, 1.165) is 27.7 Å². The maximum atomic E-state index is 11.9. The standard InChI is InChI=1S/C12H17Br2N3O/c1-2-17(6-5-15)8-12(18)16-11-4-3-9(13)7-10(11)14/h3-4,7H,2,5-6,8,15H2,1H3,(H,16,18). The molecular weight excluding hydrogens is 362 g/mol. The van der Waals surface area contributed by atoms with Gasteiger partial charge in [-0.2, -0.15) is 0 Å². The van der Waals surface area contributed by atoms with Gasteiger partial charge >= 0.3 is 0 Å². The minimum absolute atomic E-state index is 0.0340. The van der Waals surface area contributed by atoms with Gasteiger partial charge in [-0.25, -0.2) is 0 Å². The first-order valence-electron chi connectivity index (χ1n) is 5.74. The van der Waals surface area contributed by atoms with Gasteiger partial charge in [0.15, 0.2) is 0 Å². The number of nitrogens with zero attached hydrogens (tertiary/aromatic N) is 1. The minimum atomic E-state index is -0.0340. The Labute approximate surface area is 124 Å². The number of hydrogen-bond acceptors (Lipinski definition) is 3. The lowest BCUT2D eigenvalue weighted by atomic mass is 10.3. The van der Waals surface area contributed by atoms with Crippen LogP contribution in [0.1, 0.15) is 6.92 Å². The van der Waals surface area contributed by atoms with Crippen LogP contribution in [0.25, 0.3) is 0 Å². The lowest BCUT2D eigenvalue weighted by molar-refractivity contribution is -0.117. The zero-order chi connectivity index (χ0) is 13.5. The molecule has 0 aliphatic rings. The summed E-state index contributed by atoms with van der Waals surface area (Å²) in [4.78, 5) is 13.9. The monoisotopic (exact) mass is 377 g/mol. The van der Waals surface area contributed by atoms with Crippen molar-refractivity contribution >= 4 is 43.5 Å². The number of carbonyl (C=O) groups excluding carboxylic acids is 1. The first-order valence-corrected chi connectivity index (χ1v) is 7.32. The summed E-state index contributed by atoms with van der Waals surface area (Å²) < 4.78 is 1.82. The molecule has 6 heteroatoms. The summed E-state index contributed by atoms with van der Waals surface area (Å²) in [6, 6.07) is 5.64. The smallest absolute Gasteiger partial charge is 0.238 e. The van der Waals surface area contributed by atoms with Crippen molar-refractivity contribution in [2.75, 3.05) is 31.5 Å². The first-order chi connectivity index (χ1) is 8.56. The Morgan fingerprint density at radius 1 is 1.44 bits per heavy atom. The molecule has 1 aromatic carbocycles. The molecule has 1 amide bonds. The quantitative estimate of drug-likeness (QED) is 0.799. The third-order valence-electron chi connectivity index (χ3n) is 2.46. The fraction of sp³-hybridized carbons (Fsp3) is 0.417. The summed E-state index contributed by atoms with van der Waals surface area (Å²) >= 11 is 6.78. The van der Waals surface area contributed by atoms with E-state index in [1.165, 1.54) is 0 Å². The Morgan fingerprint density at radius 3 is 2.72 bits per heavy atom. The molecule has 0 heterocycles. The highest BCUT2D eigenvalue weighted by Gasteiger charge is 2.10. The molecule has 4 nitrogen and oxygen atoms in total. The van der Waals surface area contributed by atoms with Gasteiger partial charge in [-0.05, 0) is 40.7 Å². The third-order valence-corrected chi connectivity index (χ3v) is 3.61. The molecule has 0 aliphatic carbocycles. The predicted molar refractivity (Wildman–Crippen MR) is 81.6 cm³/mol. The molecular formula is C12H17Br2N3O. The van der Waals surface area contributed by atoms with Gasteiger partial charge in [0, 0.05) is 22.0 Å².